The summed E-state index contributed by atoms with van der Waals surface area (Å²) in [6, 6.07) is 19.6. The average Bonchev–Trinajstić information content (AvgIpc) is 3.11. The van der Waals surface area contributed by atoms with Crippen molar-refractivity contribution in [2.75, 3.05) is 6.61 Å². The van der Waals surface area contributed by atoms with Gasteiger partial charge in [-0.3, -0.25) is 14.5 Å². The standard InChI is InChI=1S/C31H46N2O4Si/c1-30(2,3)37-27(34)19-25-26(22-36-38(7,8)31(4,5)6)32-29(35)28(25)33(20-23-15-11-9-12-16-23)21-24-17-13-10-14-18-24/h9-18,25-26,28H,19-22H2,1-8H3,(H,32,35)/t25?,26-,28-/m1/s1. The van der Waals surface area contributed by atoms with E-state index in [9.17, 15) is 9.59 Å². The molecule has 0 radical (unpaired) electrons. The highest BCUT2D eigenvalue weighted by atomic mass is 28.4. The molecule has 3 atom stereocenters. The number of benzene rings is 2. The van der Waals surface area contributed by atoms with E-state index in [4.69, 9.17) is 9.16 Å². The number of amides is 1. The Morgan fingerprint density at radius 2 is 1.39 bits per heavy atom. The van der Waals surface area contributed by atoms with Crippen LogP contribution in [0, 0.1) is 5.92 Å². The normalized spacial score (nSPS) is 20.4. The Hall–Kier alpha value is -2.48. The number of hydrogen-bond donors (Lipinski definition) is 1. The van der Waals surface area contributed by atoms with E-state index in [1.807, 2.05) is 57.2 Å². The van der Waals surface area contributed by atoms with Crippen LogP contribution in [-0.2, 0) is 31.8 Å². The minimum Gasteiger partial charge on any atom is -0.460 e. The third-order valence-corrected chi connectivity index (χ3v) is 12.1. The molecule has 2 aromatic carbocycles. The van der Waals surface area contributed by atoms with Gasteiger partial charge >= 0.3 is 5.97 Å². The second-order valence-electron chi connectivity index (χ2n) is 13.0. The number of carbonyl (C=O) groups is 2. The van der Waals surface area contributed by atoms with Crippen LogP contribution >= 0.6 is 0 Å². The lowest BCUT2D eigenvalue weighted by Gasteiger charge is -2.38. The number of nitrogens with zero attached hydrogens (tertiary/aromatic N) is 1. The second-order valence-corrected chi connectivity index (χ2v) is 17.8. The van der Waals surface area contributed by atoms with Crippen LogP contribution in [-0.4, -0.2) is 49.4 Å². The van der Waals surface area contributed by atoms with Crippen molar-refractivity contribution in [2.24, 2.45) is 5.92 Å². The Bertz CT molecular complexity index is 1020. The van der Waals surface area contributed by atoms with E-state index >= 15 is 0 Å². The topological polar surface area (TPSA) is 67.9 Å². The molecule has 0 aromatic heterocycles. The van der Waals surface area contributed by atoms with Crippen molar-refractivity contribution in [3.05, 3.63) is 71.8 Å². The first kappa shape index (κ1) is 30.1. The number of hydrogen-bond acceptors (Lipinski definition) is 5. The third kappa shape index (κ3) is 8.26. The first-order chi connectivity index (χ1) is 17.7. The van der Waals surface area contributed by atoms with Crippen LogP contribution in [0.2, 0.25) is 18.1 Å². The molecule has 208 valence electrons. The molecule has 0 aliphatic carbocycles. The number of nitrogens with one attached hydrogen (secondary N) is 1. The molecule has 0 spiro atoms. The van der Waals surface area contributed by atoms with Gasteiger partial charge in [-0.05, 0) is 50.0 Å². The molecule has 0 saturated carbocycles. The molecule has 7 heteroatoms. The summed E-state index contributed by atoms with van der Waals surface area (Å²) < 4.78 is 12.3. The third-order valence-electron chi connectivity index (χ3n) is 7.62. The van der Waals surface area contributed by atoms with Gasteiger partial charge in [0.1, 0.15) is 5.60 Å². The Kier molecular flexibility index (Phi) is 9.60. The molecule has 1 N–H and O–H groups in total. The number of carbonyl (C=O) groups excluding carboxylic acids is 2. The minimum atomic E-state index is -2.05. The molecule has 38 heavy (non-hydrogen) atoms. The molecule has 1 fully saturated rings. The van der Waals surface area contributed by atoms with E-state index in [-0.39, 0.29) is 35.3 Å². The SMILES string of the molecule is CC(C)(C)OC(=O)CC1[C@@H](CO[Si](C)(C)C(C)(C)C)NC(=O)[C@@H]1N(Cc1ccccc1)Cc1ccccc1. The van der Waals surface area contributed by atoms with Crippen LogP contribution in [0.25, 0.3) is 0 Å². The maximum Gasteiger partial charge on any atom is 0.306 e. The molecule has 1 unspecified atom stereocenters. The van der Waals surface area contributed by atoms with Gasteiger partial charge in [0.15, 0.2) is 8.32 Å². The Labute approximate surface area is 230 Å². The summed E-state index contributed by atoms with van der Waals surface area (Å²) in [5.41, 5.74) is 1.64. The van der Waals surface area contributed by atoms with Crippen LogP contribution in [0.4, 0.5) is 0 Å². The highest BCUT2D eigenvalue weighted by molar-refractivity contribution is 6.74. The van der Waals surface area contributed by atoms with E-state index in [2.05, 4.69) is 68.3 Å². The van der Waals surface area contributed by atoms with Crippen LogP contribution in [0.5, 0.6) is 0 Å². The summed E-state index contributed by atoms with van der Waals surface area (Å²) in [6.07, 6.45) is 0.145. The van der Waals surface area contributed by atoms with Crippen LogP contribution in [0.1, 0.15) is 59.1 Å². The van der Waals surface area contributed by atoms with Gasteiger partial charge in [-0.25, -0.2) is 0 Å². The Morgan fingerprint density at radius 1 is 0.895 bits per heavy atom. The number of esters is 1. The largest absolute Gasteiger partial charge is 0.460 e. The minimum absolute atomic E-state index is 0.0440. The van der Waals surface area contributed by atoms with E-state index in [1.54, 1.807) is 0 Å². The monoisotopic (exact) mass is 538 g/mol. The maximum atomic E-state index is 13.7. The van der Waals surface area contributed by atoms with E-state index < -0.39 is 20.0 Å². The van der Waals surface area contributed by atoms with Gasteiger partial charge in [0.2, 0.25) is 5.91 Å². The molecular formula is C31H46N2O4Si. The van der Waals surface area contributed by atoms with Crippen molar-refractivity contribution in [3.8, 4) is 0 Å². The van der Waals surface area contributed by atoms with E-state index in [1.165, 1.54) is 0 Å². The number of rotatable bonds is 10. The average molecular weight is 539 g/mol. The van der Waals surface area contributed by atoms with Gasteiger partial charge in [0.05, 0.1) is 25.1 Å². The zero-order valence-corrected chi connectivity index (χ0v) is 25.4. The van der Waals surface area contributed by atoms with Crippen molar-refractivity contribution in [1.29, 1.82) is 0 Å². The molecule has 2 aromatic rings. The molecule has 1 saturated heterocycles. The zero-order valence-electron chi connectivity index (χ0n) is 24.4. The van der Waals surface area contributed by atoms with E-state index in [0.717, 1.165) is 11.1 Å². The first-order valence-electron chi connectivity index (χ1n) is 13.6. The Balaban J connectivity index is 1.94. The lowest BCUT2D eigenvalue weighted by molar-refractivity contribution is -0.156. The molecule has 3 rings (SSSR count). The summed E-state index contributed by atoms with van der Waals surface area (Å²) in [4.78, 5) is 29.0. The fourth-order valence-electron chi connectivity index (χ4n) is 4.62. The number of ether oxygens (including phenoxy) is 1. The van der Waals surface area contributed by atoms with Gasteiger partial charge in [-0.1, -0.05) is 81.4 Å². The van der Waals surface area contributed by atoms with Crippen LogP contribution < -0.4 is 5.32 Å². The Morgan fingerprint density at radius 3 is 1.84 bits per heavy atom. The summed E-state index contributed by atoms with van der Waals surface area (Å²) in [5.74, 6) is -0.635. The van der Waals surface area contributed by atoms with Gasteiger partial charge in [-0.2, -0.15) is 0 Å². The zero-order chi connectivity index (χ0) is 28.1. The van der Waals surface area contributed by atoms with Gasteiger partial charge in [0.25, 0.3) is 0 Å². The fourth-order valence-corrected chi connectivity index (χ4v) is 5.65. The molecule has 1 amide bonds. The summed E-state index contributed by atoms with van der Waals surface area (Å²) in [7, 11) is -2.05. The van der Waals surface area contributed by atoms with Crippen molar-refractivity contribution in [2.45, 2.75) is 96.9 Å². The molecule has 6 nitrogen and oxygen atoms in total. The smallest absolute Gasteiger partial charge is 0.306 e. The van der Waals surface area contributed by atoms with Gasteiger partial charge < -0.3 is 14.5 Å². The van der Waals surface area contributed by atoms with Crippen molar-refractivity contribution in [1.82, 2.24) is 10.2 Å². The highest BCUT2D eigenvalue weighted by Gasteiger charge is 2.48. The maximum absolute atomic E-state index is 13.7. The van der Waals surface area contributed by atoms with Crippen LogP contribution in [0.3, 0.4) is 0 Å². The molecule has 1 aliphatic heterocycles. The molecular weight excluding hydrogens is 492 g/mol. The van der Waals surface area contributed by atoms with Crippen LogP contribution in [0.15, 0.2) is 60.7 Å². The van der Waals surface area contributed by atoms with Gasteiger partial charge in [0, 0.05) is 19.0 Å². The summed E-state index contributed by atoms with van der Waals surface area (Å²) in [5, 5.41) is 3.25. The molecule has 0 bridgehead atoms. The van der Waals surface area contributed by atoms with Crippen molar-refractivity contribution in [3.63, 3.8) is 0 Å². The predicted molar refractivity (Wildman–Crippen MR) is 155 cm³/mol. The summed E-state index contributed by atoms with van der Waals surface area (Å²) in [6.45, 7) is 18.2. The predicted octanol–water partition coefficient (Wildman–Crippen LogP) is 5.93. The highest BCUT2D eigenvalue weighted by Crippen LogP contribution is 2.38. The van der Waals surface area contributed by atoms with E-state index in [0.29, 0.717) is 19.7 Å². The van der Waals surface area contributed by atoms with Gasteiger partial charge in [-0.15, -0.1) is 0 Å². The van der Waals surface area contributed by atoms with Crippen molar-refractivity contribution >= 4 is 20.2 Å². The van der Waals surface area contributed by atoms with Crippen molar-refractivity contribution < 1.29 is 18.8 Å². The lowest BCUT2D eigenvalue weighted by Crippen LogP contribution is -2.46. The lowest BCUT2D eigenvalue weighted by atomic mass is 9.91. The quantitative estimate of drug-likeness (QED) is 0.300. The fraction of sp³-hybridized carbons (Fsp3) is 0.548. The molecule has 1 heterocycles. The summed E-state index contributed by atoms with van der Waals surface area (Å²) >= 11 is 0. The second kappa shape index (κ2) is 12.1. The molecule has 1 aliphatic rings. The first-order valence-corrected chi connectivity index (χ1v) is 16.6.